The molecule has 0 aliphatic carbocycles. The van der Waals surface area contributed by atoms with Crippen molar-refractivity contribution in [1.82, 2.24) is 15.5 Å². The van der Waals surface area contributed by atoms with E-state index in [0.717, 1.165) is 0 Å². The molecule has 0 aromatic heterocycles. The predicted octanol–water partition coefficient (Wildman–Crippen LogP) is -1.70. The van der Waals surface area contributed by atoms with E-state index in [4.69, 9.17) is 10.5 Å². The first-order valence-electron chi connectivity index (χ1n) is 6.75. The van der Waals surface area contributed by atoms with Gasteiger partial charge in [0.25, 0.3) is 5.91 Å². The molecule has 3 aliphatic rings. The molecule has 3 heterocycles. The van der Waals surface area contributed by atoms with Crippen molar-refractivity contribution in [2.75, 3.05) is 26.3 Å². The maximum absolute atomic E-state index is 12.4. The molecule has 1 unspecified atom stereocenters. The zero-order valence-corrected chi connectivity index (χ0v) is 11.1. The van der Waals surface area contributed by atoms with Crippen LogP contribution in [0.1, 0.15) is 19.3 Å². The Morgan fingerprint density at radius 3 is 2.45 bits per heavy atom. The summed E-state index contributed by atoms with van der Waals surface area (Å²) in [4.78, 5) is 37.1. The second-order valence-corrected chi connectivity index (χ2v) is 5.74. The largest absolute Gasteiger partial charge is 0.379 e. The van der Waals surface area contributed by atoms with Crippen molar-refractivity contribution in [2.45, 2.75) is 30.3 Å². The third kappa shape index (κ3) is 1.95. The van der Waals surface area contributed by atoms with E-state index in [1.54, 1.807) is 4.90 Å². The van der Waals surface area contributed by atoms with Crippen molar-refractivity contribution in [2.24, 2.45) is 5.73 Å². The van der Waals surface area contributed by atoms with Crippen molar-refractivity contribution < 1.29 is 19.1 Å². The number of urea groups is 1. The van der Waals surface area contributed by atoms with Gasteiger partial charge < -0.3 is 20.7 Å². The monoisotopic (exact) mass is 282 g/mol. The van der Waals surface area contributed by atoms with E-state index in [1.165, 1.54) is 0 Å². The van der Waals surface area contributed by atoms with Gasteiger partial charge in [-0.05, 0) is 19.3 Å². The molecule has 3 saturated heterocycles. The van der Waals surface area contributed by atoms with E-state index in [2.05, 4.69) is 10.6 Å². The van der Waals surface area contributed by atoms with E-state index in [1.807, 2.05) is 0 Å². The summed E-state index contributed by atoms with van der Waals surface area (Å²) in [5.74, 6) is -0.434. The van der Waals surface area contributed by atoms with Gasteiger partial charge in [-0.25, -0.2) is 4.79 Å². The highest BCUT2D eigenvalue weighted by atomic mass is 16.5. The van der Waals surface area contributed by atoms with Gasteiger partial charge in [-0.2, -0.15) is 0 Å². The number of piperidine rings is 1. The highest BCUT2D eigenvalue weighted by Gasteiger charge is 2.50. The SMILES string of the molecule is NC1(C(=O)N2CCC3(CC2)NC(=O)NC3=O)CCOC1. The topological polar surface area (TPSA) is 114 Å². The van der Waals surface area contributed by atoms with Crippen LogP contribution in [0.3, 0.4) is 0 Å². The second kappa shape index (κ2) is 4.42. The lowest BCUT2D eigenvalue weighted by molar-refractivity contribution is -0.140. The van der Waals surface area contributed by atoms with Gasteiger partial charge in [-0.1, -0.05) is 0 Å². The number of nitrogens with two attached hydrogens (primary N) is 1. The minimum Gasteiger partial charge on any atom is -0.379 e. The molecule has 3 rings (SSSR count). The van der Waals surface area contributed by atoms with Crippen molar-refractivity contribution >= 4 is 17.8 Å². The fraction of sp³-hybridized carbons (Fsp3) is 0.750. The van der Waals surface area contributed by atoms with Crippen LogP contribution in [-0.4, -0.2) is 60.1 Å². The van der Waals surface area contributed by atoms with E-state index in [9.17, 15) is 14.4 Å². The smallest absolute Gasteiger partial charge is 0.322 e. The number of amides is 4. The number of rotatable bonds is 1. The van der Waals surface area contributed by atoms with Gasteiger partial charge in [0.05, 0.1) is 6.61 Å². The van der Waals surface area contributed by atoms with Gasteiger partial charge >= 0.3 is 6.03 Å². The maximum Gasteiger partial charge on any atom is 0.322 e. The summed E-state index contributed by atoms with van der Waals surface area (Å²) in [6, 6.07) is -0.464. The number of carbonyl (C=O) groups is 3. The average molecular weight is 282 g/mol. The summed E-state index contributed by atoms with van der Waals surface area (Å²) in [5, 5.41) is 4.91. The first-order valence-corrected chi connectivity index (χ1v) is 6.75. The Balaban J connectivity index is 1.65. The average Bonchev–Trinajstić information content (AvgIpc) is 2.96. The number of nitrogens with one attached hydrogen (secondary N) is 2. The zero-order chi connectivity index (χ0) is 14.4. The highest BCUT2D eigenvalue weighted by molar-refractivity contribution is 6.07. The first-order chi connectivity index (χ1) is 9.45. The molecule has 4 amide bonds. The third-order valence-electron chi connectivity index (χ3n) is 4.40. The normalized spacial score (nSPS) is 32.4. The summed E-state index contributed by atoms with van der Waals surface area (Å²) >= 11 is 0. The number of hydrogen-bond donors (Lipinski definition) is 3. The van der Waals surface area contributed by atoms with Crippen molar-refractivity contribution in [3.8, 4) is 0 Å². The molecule has 3 aliphatic heterocycles. The van der Waals surface area contributed by atoms with Crippen LogP contribution < -0.4 is 16.4 Å². The standard InChI is InChI=1S/C12H18N4O4/c13-11(3-6-20-7-11)9(18)16-4-1-12(2-5-16)8(17)14-10(19)15-12/h1-7,13H2,(H2,14,15,17,19). The summed E-state index contributed by atoms with van der Waals surface area (Å²) in [6.45, 7) is 1.56. The van der Waals surface area contributed by atoms with E-state index in [0.29, 0.717) is 39.0 Å². The molecule has 0 saturated carbocycles. The molecule has 1 spiro atoms. The van der Waals surface area contributed by atoms with Crippen LogP contribution in [0.4, 0.5) is 4.79 Å². The summed E-state index contributed by atoms with van der Waals surface area (Å²) in [6.07, 6.45) is 1.34. The number of hydrogen-bond acceptors (Lipinski definition) is 5. The Hall–Kier alpha value is -1.67. The molecule has 20 heavy (non-hydrogen) atoms. The van der Waals surface area contributed by atoms with Gasteiger partial charge in [0.15, 0.2) is 0 Å². The molecule has 8 heteroatoms. The minimum atomic E-state index is -0.939. The Morgan fingerprint density at radius 2 is 1.95 bits per heavy atom. The number of carbonyl (C=O) groups excluding carboxylic acids is 3. The third-order valence-corrected chi connectivity index (χ3v) is 4.40. The zero-order valence-electron chi connectivity index (χ0n) is 11.1. The molecule has 110 valence electrons. The van der Waals surface area contributed by atoms with Crippen LogP contribution in [0.15, 0.2) is 0 Å². The molecule has 8 nitrogen and oxygen atoms in total. The quantitative estimate of drug-likeness (QED) is 0.496. The second-order valence-electron chi connectivity index (χ2n) is 5.74. The van der Waals surface area contributed by atoms with Crippen LogP contribution in [0.25, 0.3) is 0 Å². The minimum absolute atomic E-state index is 0.130. The maximum atomic E-state index is 12.4. The molecule has 0 aromatic carbocycles. The fourth-order valence-corrected chi connectivity index (χ4v) is 3.04. The van der Waals surface area contributed by atoms with Crippen LogP contribution >= 0.6 is 0 Å². The molecule has 3 fully saturated rings. The van der Waals surface area contributed by atoms with Crippen LogP contribution in [0.5, 0.6) is 0 Å². The van der Waals surface area contributed by atoms with Crippen LogP contribution in [0.2, 0.25) is 0 Å². The van der Waals surface area contributed by atoms with Crippen molar-refractivity contribution in [3.63, 3.8) is 0 Å². The number of likely N-dealkylation sites (tertiary alicyclic amines) is 1. The van der Waals surface area contributed by atoms with E-state index < -0.39 is 17.1 Å². The summed E-state index contributed by atoms with van der Waals surface area (Å²) in [7, 11) is 0. The molecule has 0 bridgehead atoms. The molecule has 0 radical (unpaired) electrons. The van der Waals surface area contributed by atoms with Crippen molar-refractivity contribution in [1.29, 1.82) is 0 Å². The fourth-order valence-electron chi connectivity index (χ4n) is 3.04. The lowest BCUT2D eigenvalue weighted by atomic mass is 9.86. The van der Waals surface area contributed by atoms with Gasteiger partial charge in [0, 0.05) is 19.7 Å². The Bertz CT molecular complexity index is 464. The van der Waals surface area contributed by atoms with Crippen LogP contribution in [-0.2, 0) is 14.3 Å². The van der Waals surface area contributed by atoms with Gasteiger partial charge in [-0.3, -0.25) is 14.9 Å². The number of imide groups is 1. The Morgan fingerprint density at radius 1 is 1.25 bits per heavy atom. The Labute approximate surface area is 116 Å². The van der Waals surface area contributed by atoms with Gasteiger partial charge in [0.1, 0.15) is 11.1 Å². The summed E-state index contributed by atoms with van der Waals surface area (Å²) < 4.78 is 5.20. The first kappa shape index (κ1) is 13.3. The van der Waals surface area contributed by atoms with Gasteiger partial charge in [-0.15, -0.1) is 0 Å². The molecular formula is C12H18N4O4. The van der Waals surface area contributed by atoms with Gasteiger partial charge in [0.2, 0.25) is 5.91 Å². The molecule has 0 aromatic rings. The van der Waals surface area contributed by atoms with Crippen molar-refractivity contribution in [3.05, 3.63) is 0 Å². The lowest BCUT2D eigenvalue weighted by Gasteiger charge is -2.39. The summed E-state index contributed by atoms with van der Waals surface area (Å²) in [5.41, 5.74) is 4.26. The Kier molecular flexibility index (Phi) is 2.94. The highest BCUT2D eigenvalue weighted by Crippen LogP contribution is 2.28. The van der Waals surface area contributed by atoms with Crippen LogP contribution in [0, 0.1) is 0 Å². The number of nitrogens with zero attached hydrogens (tertiary/aromatic N) is 1. The molecule has 1 atom stereocenters. The van der Waals surface area contributed by atoms with E-state index in [-0.39, 0.29) is 18.4 Å². The lowest BCUT2D eigenvalue weighted by Crippen LogP contribution is -2.61. The molecule has 4 N–H and O–H groups in total. The number of ether oxygens (including phenoxy) is 1. The predicted molar refractivity (Wildman–Crippen MR) is 67.6 cm³/mol. The van der Waals surface area contributed by atoms with E-state index >= 15 is 0 Å². The molecular weight excluding hydrogens is 264 g/mol.